The summed E-state index contributed by atoms with van der Waals surface area (Å²) in [5.41, 5.74) is 2.40. The number of carbonyl (C=O) groups is 1. The zero-order valence-electron chi connectivity index (χ0n) is 17.2. The summed E-state index contributed by atoms with van der Waals surface area (Å²) in [7, 11) is -3.71. The largest absolute Gasteiger partial charge is 0.355 e. The Morgan fingerprint density at radius 2 is 1.88 bits per heavy atom. The van der Waals surface area contributed by atoms with Crippen molar-refractivity contribution in [2.24, 2.45) is 5.14 Å². The number of thiazole rings is 1. The van der Waals surface area contributed by atoms with Gasteiger partial charge in [0.15, 0.2) is 9.90 Å². The van der Waals surface area contributed by atoms with Gasteiger partial charge in [0.2, 0.25) is 15.9 Å². The molecular weight excluding hydrogens is 480 g/mol. The Kier molecular flexibility index (Phi) is 6.79. The number of carbonyl (C=O) groups excluding carboxylic acids is 1. The first-order chi connectivity index (χ1) is 15.8. The van der Waals surface area contributed by atoms with Gasteiger partial charge in [0.05, 0.1) is 22.5 Å². The molecule has 5 N–H and O–H groups in total. The highest BCUT2D eigenvalue weighted by atomic mass is 32.2. The number of H-pyrrole nitrogens is 1. The molecule has 33 heavy (non-hydrogen) atoms. The number of nitrogens with two attached hydrogens (primary N) is 1. The second kappa shape index (κ2) is 9.75. The number of rotatable bonds is 8. The fraction of sp³-hybridized carbons (Fsp3) is 0.143. The molecule has 2 aromatic carbocycles. The van der Waals surface area contributed by atoms with E-state index in [1.165, 1.54) is 23.5 Å². The van der Waals surface area contributed by atoms with Crippen LogP contribution in [0.3, 0.4) is 0 Å². The third-order valence-corrected chi connectivity index (χ3v) is 6.67. The number of fused-ring (bicyclic) bond motifs is 1. The van der Waals surface area contributed by atoms with Gasteiger partial charge in [-0.15, -0.1) is 11.3 Å². The molecule has 0 unspecified atom stereocenters. The number of hydrogen-bond acceptors (Lipinski definition) is 8. The number of nitrogens with one attached hydrogen (secondary N) is 3. The first kappa shape index (κ1) is 23.0. The van der Waals surface area contributed by atoms with E-state index in [-0.39, 0.29) is 17.2 Å². The van der Waals surface area contributed by atoms with Gasteiger partial charge >= 0.3 is 0 Å². The summed E-state index contributed by atoms with van der Waals surface area (Å²) in [6.07, 6.45) is 0.708. The van der Waals surface area contributed by atoms with E-state index in [1.54, 1.807) is 12.1 Å². The quantitative estimate of drug-likeness (QED) is 0.272. The number of nitrogens with zero attached hydrogens (tertiary/aromatic N) is 2. The van der Waals surface area contributed by atoms with Crippen molar-refractivity contribution in [1.29, 1.82) is 0 Å². The van der Waals surface area contributed by atoms with Gasteiger partial charge in [-0.2, -0.15) is 0 Å². The van der Waals surface area contributed by atoms with Crippen molar-refractivity contribution >= 4 is 61.3 Å². The molecule has 0 atom stereocenters. The van der Waals surface area contributed by atoms with Gasteiger partial charge in [-0.1, -0.05) is 24.3 Å². The smallest absolute Gasteiger partial charge is 0.238 e. The Morgan fingerprint density at radius 1 is 1.12 bits per heavy atom. The summed E-state index contributed by atoms with van der Waals surface area (Å²) < 4.78 is 23.0. The first-order valence-corrected chi connectivity index (χ1v) is 12.7. The van der Waals surface area contributed by atoms with Crippen molar-refractivity contribution in [2.45, 2.75) is 17.7 Å². The molecule has 4 aromatic rings. The van der Waals surface area contributed by atoms with Crippen LogP contribution in [0, 0.1) is 4.77 Å². The number of hydrogen-bond donors (Lipinski definition) is 4. The molecule has 0 saturated carbocycles. The molecule has 0 fully saturated rings. The molecule has 0 aliphatic rings. The number of amides is 1. The standard InChI is InChI=1S/C21H20N6O3S3/c22-33(29,30)15-7-5-13(6-8-15)9-10-23-18(28)11-14-12-32-21(24-14)27-19-16-3-1-2-4-17(16)25-20(31)26-19/h1-8,12H,9-11H2,(H,23,28)(H2,22,29,30)(H2,24,25,26,27,31). The second-order valence-electron chi connectivity index (χ2n) is 7.17. The van der Waals surface area contributed by atoms with E-state index in [4.69, 9.17) is 17.4 Å². The molecule has 170 valence electrons. The molecule has 0 bridgehead atoms. The molecule has 0 radical (unpaired) electrons. The molecule has 0 saturated heterocycles. The van der Waals surface area contributed by atoms with Crippen LogP contribution in [0.5, 0.6) is 0 Å². The lowest BCUT2D eigenvalue weighted by Crippen LogP contribution is -2.27. The third-order valence-electron chi connectivity index (χ3n) is 4.74. The summed E-state index contributed by atoms with van der Waals surface area (Å²) in [6, 6.07) is 13.9. The molecule has 2 aromatic heterocycles. The second-order valence-corrected chi connectivity index (χ2v) is 9.98. The fourth-order valence-corrected chi connectivity index (χ4v) is 4.59. The van der Waals surface area contributed by atoms with Gasteiger partial charge in [0.1, 0.15) is 5.82 Å². The first-order valence-electron chi connectivity index (χ1n) is 9.87. The molecule has 2 heterocycles. The van der Waals surface area contributed by atoms with Crippen LogP contribution in [0.1, 0.15) is 11.3 Å². The highest BCUT2D eigenvalue weighted by Gasteiger charge is 2.11. The Balaban J connectivity index is 1.32. The van der Waals surface area contributed by atoms with Gasteiger partial charge in [-0.05, 0) is 48.5 Å². The highest BCUT2D eigenvalue weighted by molar-refractivity contribution is 7.89. The molecule has 9 nitrogen and oxygen atoms in total. The number of benzene rings is 2. The molecule has 0 aliphatic carbocycles. The lowest BCUT2D eigenvalue weighted by Gasteiger charge is -2.06. The van der Waals surface area contributed by atoms with Gasteiger partial charge in [-0.3, -0.25) is 4.79 Å². The van der Waals surface area contributed by atoms with E-state index < -0.39 is 10.0 Å². The summed E-state index contributed by atoms with van der Waals surface area (Å²) >= 11 is 6.57. The van der Waals surface area contributed by atoms with E-state index >= 15 is 0 Å². The summed E-state index contributed by atoms with van der Waals surface area (Å²) in [5, 5.41) is 14.4. The van der Waals surface area contributed by atoms with E-state index in [2.05, 4.69) is 25.6 Å². The lowest BCUT2D eigenvalue weighted by atomic mass is 10.1. The van der Waals surface area contributed by atoms with E-state index in [0.717, 1.165) is 16.5 Å². The maximum absolute atomic E-state index is 12.3. The lowest BCUT2D eigenvalue weighted by molar-refractivity contribution is -0.120. The van der Waals surface area contributed by atoms with Crippen molar-refractivity contribution in [3.8, 4) is 0 Å². The maximum atomic E-state index is 12.3. The highest BCUT2D eigenvalue weighted by Crippen LogP contribution is 2.25. The van der Waals surface area contributed by atoms with Crippen LogP contribution < -0.4 is 15.8 Å². The van der Waals surface area contributed by atoms with Crippen LogP contribution in [0.25, 0.3) is 10.9 Å². The van der Waals surface area contributed by atoms with Crippen molar-refractivity contribution < 1.29 is 13.2 Å². The topological polar surface area (TPSA) is 143 Å². The Labute approximate surface area is 199 Å². The number of aromatic amines is 1. The minimum absolute atomic E-state index is 0.0593. The van der Waals surface area contributed by atoms with Crippen LogP contribution >= 0.6 is 23.6 Å². The van der Waals surface area contributed by atoms with Gasteiger partial charge in [0, 0.05) is 17.3 Å². The number of aromatic nitrogens is 3. The average molecular weight is 501 g/mol. The fourth-order valence-electron chi connectivity index (χ4n) is 3.16. The SMILES string of the molecule is NS(=O)(=O)c1ccc(CCNC(=O)Cc2csc(Nc3nc(=S)[nH]c4ccccc34)n2)cc1. The van der Waals surface area contributed by atoms with Crippen molar-refractivity contribution in [1.82, 2.24) is 20.3 Å². The van der Waals surface area contributed by atoms with Crippen LogP contribution in [0.4, 0.5) is 10.9 Å². The minimum Gasteiger partial charge on any atom is -0.355 e. The predicted octanol–water partition coefficient (Wildman–Crippen LogP) is 3.04. The Hall–Kier alpha value is -3.19. The molecule has 12 heteroatoms. The van der Waals surface area contributed by atoms with Crippen LogP contribution in [-0.2, 0) is 27.7 Å². The van der Waals surface area contributed by atoms with Crippen LogP contribution in [0.2, 0.25) is 0 Å². The van der Waals surface area contributed by atoms with Crippen LogP contribution in [-0.4, -0.2) is 35.8 Å². The van der Waals surface area contributed by atoms with Gasteiger partial charge < -0.3 is 15.6 Å². The average Bonchev–Trinajstić information content (AvgIpc) is 3.20. The van der Waals surface area contributed by atoms with Crippen LogP contribution in [0.15, 0.2) is 58.8 Å². The molecule has 0 spiro atoms. The van der Waals surface area contributed by atoms with Crippen molar-refractivity contribution in [3.05, 3.63) is 69.9 Å². The number of sulfonamides is 1. The molecule has 0 aliphatic heterocycles. The molecule has 1 amide bonds. The molecule has 4 rings (SSSR count). The van der Waals surface area contributed by atoms with E-state index in [0.29, 0.717) is 34.4 Å². The maximum Gasteiger partial charge on any atom is 0.238 e. The third kappa shape index (κ3) is 5.99. The van der Waals surface area contributed by atoms with Gasteiger partial charge in [0.25, 0.3) is 0 Å². The van der Waals surface area contributed by atoms with Crippen molar-refractivity contribution in [2.75, 3.05) is 11.9 Å². The number of anilines is 2. The monoisotopic (exact) mass is 500 g/mol. The Morgan fingerprint density at radius 3 is 2.64 bits per heavy atom. The number of para-hydroxylation sites is 1. The summed E-state index contributed by atoms with van der Waals surface area (Å²) in [4.78, 5) is 24.2. The van der Waals surface area contributed by atoms with Gasteiger partial charge in [-0.25, -0.2) is 23.5 Å². The predicted molar refractivity (Wildman–Crippen MR) is 131 cm³/mol. The minimum atomic E-state index is -3.71. The zero-order valence-corrected chi connectivity index (χ0v) is 19.7. The van der Waals surface area contributed by atoms with E-state index in [9.17, 15) is 13.2 Å². The normalized spacial score (nSPS) is 11.4. The van der Waals surface area contributed by atoms with Crippen molar-refractivity contribution in [3.63, 3.8) is 0 Å². The zero-order chi connectivity index (χ0) is 23.4. The number of primary sulfonamides is 1. The molecular formula is C21H20N6O3S3. The van der Waals surface area contributed by atoms with E-state index in [1.807, 2.05) is 29.6 Å². The summed E-state index contributed by atoms with van der Waals surface area (Å²) in [5.74, 6) is 0.451. The summed E-state index contributed by atoms with van der Waals surface area (Å²) in [6.45, 7) is 0.417. The Bertz CT molecular complexity index is 1460.